The molecule has 0 aromatic carbocycles. The molecule has 2 heterocycles. The summed E-state index contributed by atoms with van der Waals surface area (Å²) in [6.07, 6.45) is 9.19. The number of nitrogens with zero attached hydrogens (tertiary/aromatic N) is 2. The maximum absolute atomic E-state index is 12.4. The summed E-state index contributed by atoms with van der Waals surface area (Å²) >= 11 is 5.14. The van der Waals surface area contributed by atoms with E-state index in [4.69, 9.17) is 17.0 Å². The van der Waals surface area contributed by atoms with E-state index in [2.05, 4.69) is 10.3 Å². The van der Waals surface area contributed by atoms with Crippen LogP contribution in [0.2, 0.25) is 0 Å². The van der Waals surface area contributed by atoms with Crippen LogP contribution in [0.3, 0.4) is 0 Å². The van der Waals surface area contributed by atoms with Gasteiger partial charge in [-0.15, -0.1) is 0 Å². The number of ether oxygens (including phenoxy) is 1. The van der Waals surface area contributed by atoms with Crippen LogP contribution in [0.5, 0.6) is 0 Å². The van der Waals surface area contributed by atoms with Crippen molar-refractivity contribution in [2.75, 3.05) is 19.7 Å². The largest absolute Gasteiger partial charge is 0.376 e. The Kier molecular flexibility index (Phi) is 4.44. The van der Waals surface area contributed by atoms with Gasteiger partial charge in [-0.1, -0.05) is 18.2 Å². The van der Waals surface area contributed by atoms with Crippen molar-refractivity contribution >= 4 is 34.9 Å². The van der Waals surface area contributed by atoms with Crippen molar-refractivity contribution in [3.63, 3.8) is 0 Å². The zero-order valence-electron chi connectivity index (χ0n) is 12.0. The van der Waals surface area contributed by atoms with Crippen LogP contribution in [0.1, 0.15) is 12.8 Å². The molecule has 1 N–H and O–H groups in total. The molecule has 0 aromatic heterocycles. The molecule has 0 bridgehead atoms. The Labute approximate surface area is 133 Å². The lowest BCUT2D eigenvalue weighted by molar-refractivity contribution is -0.133. The van der Waals surface area contributed by atoms with Crippen molar-refractivity contribution in [1.29, 1.82) is 0 Å². The molecule has 1 aliphatic carbocycles. The van der Waals surface area contributed by atoms with Crippen LogP contribution in [0.15, 0.2) is 29.3 Å². The lowest BCUT2D eigenvalue weighted by atomic mass is 9.95. The number of rotatable bonds is 4. The first-order chi connectivity index (χ1) is 10.6. The van der Waals surface area contributed by atoms with E-state index in [9.17, 15) is 9.59 Å². The third kappa shape index (κ3) is 3.15. The predicted molar refractivity (Wildman–Crippen MR) is 85.5 cm³/mol. The molecule has 22 heavy (non-hydrogen) atoms. The highest BCUT2D eigenvalue weighted by Gasteiger charge is 2.34. The van der Waals surface area contributed by atoms with Crippen molar-refractivity contribution in [3.05, 3.63) is 24.3 Å². The number of hydrogen-bond acceptors (Lipinski definition) is 4. The van der Waals surface area contributed by atoms with Gasteiger partial charge in [0.1, 0.15) is 6.54 Å². The van der Waals surface area contributed by atoms with Gasteiger partial charge in [0, 0.05) is 13.2 Å². The fourth-order valence-electron chi connectivity index (χ4n) is 2.66. The smallest absolute Gasteiger partial charge is 0.242 e. The van der Waals surface area contributed by atoms with Crippen LogP contribution in [0.4, 0.5) is 0 Å². The zero-order chi connectivity index (χ0) is 15.5. The van der Waals surface area contributed by atoms with E-state index in [0.29, 0.717) is 12.3 Å². The lowest BCUT2D eigenvalue weighted by Gasteiger charge is -2.29. The lowest BCUT2D eigenvalue weighted by Crippen LogP contribution is -2.50. The van der Waals surface area contributed by atoms with Gasteiger partial charge in [0.05, 0.1) is 17.7 Å². The molecule has 7 heteroatoms. The number of fused-ring (bicyclic) bond motifs is 1. The summed E-state index contributed by atoms with van der Waals surface area (Å²) in [6.45, 7) is 1.11. The number of amides is 2. The third-order valence-corrected chi connectivity index (χ3v) is 4.15. The highest BCUT2D eigenvalue weighted by atomic mass is 32.1. The van der Waals surface area contributed by atoms with Crippen molar-refractivity contribution in [1.82, 2.24) is 10.2 Å². The zero-order valence-corrected chi connectivity index (χ0v) is 12.8. The number of thiocarbonyl (C=S) groups is 1. The normalized spacial score (nSPS) is 26.9. The summed E-state index contributed by atoms with van der Waals surface area (Å²) in [4.78, 5) is 30.0. The van der Waals surface area contributed by atoms with Crippen LogP contribution in [-0.4, -0.2) is 53.3 Å². The molecule has 1 fully saturated rings. The van der Waals surface area contributed by atoms with Crippen LogP contribution in [0.25, 0.3) is 0 Å². The van der Waals surface area contributed by atoms with Crippen LogP contribution < -0.4 is 5.32 Å². The first kappa shape index (κ1) is 15.1. The minimum Gasteiger partial charge on any atom is -0.376 e. The molecule has 116 valence electrons. The van der Waals surface area contributed by atoms with Gasteiger partial charge in [-0.25, -0.2) is 4.99 Å². The maximum Gasteiger partial charge on any atom is 0.242 e. The Balaban J connectivity index is 1.59. The van der Waals surface area contributed by atoms with E-state index in [1.807, 2.05) is 6.08 Å². The van der Waals surface area contributed by atoms with E-state index in [1.165, 1.54) is 4.90 Å². The molecule has 3 rings (SSSR count). The number of aliphatic imine (C=N–C) groups is 1. The van der Waals surface area contributed by atoms with E-state index in [-0.39, 0.29) is 29.6 Å². The van der Waals surface area contributed by atoms with Gasteiger partial charge in [-0.3, -0.25) is 14.5 Å². The van der Waals surface area contributed by atoms with Crippen molar-refractivity contribution < 1.29 is 14.3 Å². The Morgan fingerprint density at radius 1 is 1.50 bits per heavy atom. The fraction of sp³-hybridized carbons (Fsp3) is 0.467. The van der Waals surface area contributed by atoms with E-state index < -0.39 is 5.92 Å². The molecule has 0 spiro atoms. The van der Waals surface area contributed by atoms with Gasteiger partial charge in [0.2, 0.25) is 16.9 Å². The summed E-state index contributed by atoms with van der Waals surface area (Å²) < 4.78 is 5.45. The number of carbonyl (C=O) groups excluding carboxylic acids is 2. The number of hydrogen-bond donors (Lipinski definition) is 1. The number of nitrogens with one attached hydrogen (secondary N) is 1. The Morgan fingerprint density at radius 2 is 2.36 bits per heavy atom. The first-order valence-corrected chi connectivity index (χ1v) is 7.73. The Morgan fingerprint density at radius 3 is 3.14 bits per heavy atom. The van der Waals surface area contributed by atoms with Crippen LogP contribution in [0, 0.1) is 5.92 Å². The van der Waals surface area contributed by atoms with Gasteiger partial charge in [0.25, 0.3) is 0 Å². The minimum absolute atomic E-state index is 0.0731. The van der Waals surface area contributed by atoms with E-state index >= 15 is 0 Å². The minimum atomic E-state index is -0.442. The molecule has 2 aliphatic heterocycles. The summed E-state index contributed by atoms with van der Waals surface area (Å²) in [5.41, 5.74) is 0.633. The molecule has 0 saturated carbocycles. The standard InChI is InChI=1S/C15H17N3O3S/c19-13(16-8-10-4-3-7-21-10)9-18-14(20)11-5-1-2-6-12(11)17-15(18)22/h1-2,5-6,10-11H,3-4,7-9H2,(H,16,19). The van der Waals surface area contributed by atoms with Crippen molar-refractivity contribution in [3.8, 4) is 0 Å². The highest BCUT2D eigenvalue weighted by molar-refractivity contribution is 7.80. The van der Waals surface area contributed by atoms with Gasteiger partial charge in [-0.2, -0.15) is 0 Å². The number of allylic oxidation sites excluding steroid dienone is 3. The topological polar surface area (TPSA) is 71.0 Å². The average Bonchev–Trinajstić information content (AvgIpc) is 3.03. The molecule has 2 atom stereocenters. The molecule has 2 amide bonds. The summed E-state index contributed by atoms with van der Waals surface area (Å²) in [5, 5.41) is 2.93. The second-order valence-electron chi connectivity index (χ2n) is 5.40. The van der Waals surface area contributed by atoms with E-state index in [0.717, 1.165) is 19.4 Å². The quantitative estimate of drug-likeness (QED) is 0.770. The molecular weight excluding hydrogens is 302 g/mol. The number of carbonyl (C=O) groups is 2. The third-order valence-electron chi connectivity index (χ3n) is 3.84. The highest BCUT2D eigenvalue weighted by Crippen LogP contribution is 2.19. The fourth-order valence-corrected chi connectivity index (χ4v) is 2.92. The second-order valence-corrected chi connectivity index (χ2v) is 5.77. The van der Waals surface area contributed by atoms with Gasteiger partial charge in [-0.05, 0) is 31.1 Å². The Bertz CT molecular complexity index is 591. The second kappa shape index (κ2) is 6.50. The Hall–Kier alpha value is -1.86. The van der Waals surface area contributed by atoms with Gasteiger partial charge in [0.15, 0.2) is 0 Å². The monoisotopic (exact) mass is 319 g/mol. The van der Waals surface area contributed by atoms with Crippen molar-refractivity contribution in [2.24, 2.45) is 10.9 Å². The molecule has 6 nitrogen and oxygen atoms in total. The molecule has 0 radical (unpaired) electrons. The molecule has 0 aromatic rings. The SMILES string of the molecule is O=C(CN1C(=O)C2C=CC=CC2=NC1=S)NCC1CCCO1. The summed E-state index contributed by atoms with van der Waals surface area (Å²) in [7, 11) is 0. The van der Waals surface area contributed by atoms with Gasteiger partial charge >= 0.3 is 0 Å². The molecule has 2 unspecified atom stereocenters. The first-order valence-electron chi connectivity index (χ1n) is 7.32. The molecule has 3 aliphatic rings. The van der Waals surface area contributed by atoms with E-state index in [1.54, 1.807) is 18.2 Å². The predicted octanol–water partition coefficient (Wildman–Crippen LogP) is 0.592. The van der Waals surface area contributed by atoms with Crippen LogP contribution >= 0.6 is 12.2 Å². The summed E-state index contributed by atoms with van der Waals surface area (Å²) in [5.74, 6) is -0.897. The summed E-state index contributed by atoms with van der Waals surface area (Å²) in [6, 6.07) is 0. The average molecular weight is 319 g/mol. The van der Waals surface area contributed by atoms with Crippen LogP contribution in [-0.2, 0) is 14.3 Å². The van der Waals surface area contributed by atoms with Gasteiger partial charge < -0.3 is 10.1 Å². The van der Waals surface area contributed by atoms with Crippen molar-refractivity contribution in [2.45, 2.75) is 18.9 Å². The maximum atomic E-state index is 12.4. The molecule has 1 saturated heterocycles. The molecular formula is C15H17N3O3S.